The molecule has 0 aliphatic heterocycles. The van der Waals surface area contributed by atoms with Gasteiger partial charge >= 0.3 is 5.97 Å². The first-order valence-corrected chi connectivity index (χ1v) is 6.03. The lowest BCUT2D eigenvalue weighted by Gasteiger charge is -2.12. The number of aryl methyl sites for hydroxylation is 1. The van der Waals surface area contributed by atoms with Crippen LogP contribution < -0.4 is 4.74 Å². The van der Waals surface area contributed by atoms with Crippen LogP contribution in [-0.2, 0) is 21.3 Å². The third kappa shape index (κ3) is 2.98. The van der Waals surface area contributed by atoms with Gasteiger partial charge in [-0.1, -0.05) is 28.1 Å². The van der Waals surface area contributed by atoms with E-state index in [0.717, 1.165) is 27.8 Å². The van der Waals surface area contributed by atoms with Crippen LogP contribution in [0.25, 0.3) is 0 Å². The molecule has 1 aromatic rings. The number of benzene rings is 1. The highest BCUT2D eigenvalue weighted by Gasteiger charge is 2.12. The molecule has 0 amide bonds. The van der Waals surface area contributed by atoms with E-state index < -0.39 is 0 Å². The molecule has 0 saturated carbocycles. The second kappa shape index (κ2) is 5.89. The minimum absolute atomic E-state index is 0.237. The molecule has 0 radical (unpaired) electrons. The van der Waals surface area contributed by atoms with E-state index in [0.29, 0.717) is 0 Å². The smallest absolute Gasteiger partial charge is 0.310 e. The lowest BCUT2D eigenvalue weighted by molar-refractivity contribution is -0.139. The highest BCUT2D eigenvalue weighted by atomic mass is 79.9. The van der Waals surface area contributed by atoms with E-state index in [4.69, 9.17) is 4.74 Å². The summed E-state index contributed by atoms with van der Waals surface area (Å²) in [5.41, 5.74) is 3.01. The van der Waals surface area contributed by atoms with E-state index in [1.54, 1.807) is 7.11 Å². The topological polar surface area (TPSA) is 35.5 Å². The molecular weight excluding hydrogens is 272 g/mol. The Labute approximate surface area is 104 Å². The van der Waals surface area contributed by atoms with Crippen LogP contribution in [0.15, 0.2) is 12.1 Å². The second-order valence-corrected chi connectivity index (χ2v) is 4.05. The summed E-state index contributed by atoms with van der Waals surface area (Å²) in [6, 6.07) is 3.99. The summed E-state index contributed by atoms with van der Waals surface area (Å²) < 4.78 is 9.96. The lowest BCUT2D eigenvalue weighted by atomic mass is 10.0. The van der Waals surface area contributed by atoms with Gasteiger partial charge in [-0.05, 0) is 18.1 Å². The molecule has 16 heavy (non-hydrogen) atoms. The van der Waals surface area contributed by atoms with Gasteiger partial charge in [-0.2, -0.15) is 0 Å². The van der Waals surface area contributed by atoms with Crippen LogP contribution in [0.1, 0.15) is 16.7 Å². The van der Waals surface area contributed by atoms with Gasteiger partial charge in [-0.3, -0.25) is 4.79 Å². The molecule has 4 heteroatoms. The Balaban J connectivity index is 3.12. The fraction of sp³-hybridized carbons (Fsp3) is 0.417. The number of ether oxygens (including phenoxy) is 2. The largest absolute Gasteiger partial charge is 0.496 e. The standard InChI is InChI=1S/C12H15BrO3/c1-8-4-9(7-13)5-10(12(8)16-3)6-11(14)15-2/h4-5H,6-7H2,1-3H3. The molecule has 1 rings (SSSR count). The van der Waals surface area contributed by atoms with E-state index in [1.165, 1.54) is 7.11 Å². The Morgan fingerprint density at radius 3 is 2.56 bits per heavy atom. The van der Waals surface area contributed by atoms with Crippen molar-refractivity contribution in [1.82, 2.24) is 0 Å². The highest BCUT2D eigenvalue weighted by Crippen LogP contribution is 2.26. The molecule has 0 fully saturated rings. The van der Waals surface area contributed by atoms with Crippen molar-refractivity contribution in [3.8, 4) is 5.75 Å². The number of carbonyl (C=O) groups excluding carboxylic acids is 1. The fourth-order valence-corrected chi connectivity index (χ4v) is 1.98. The van der Waals surface area contributed by atoms with Gasteiger partial charge in [0.1, 0.15) is 5.75 Å². The van der Waals surface area contributed by atoms with Gasteiger partial charge in [0, 0.05) is 10.9 Å². The molecule has 0 atom stereocenters. The van der Waals surface area contributed by atoms with E-state index >= 15 is 0 Å². The first-order chi connectivity index (χ1) is 7.62. The monoisotopic (exact) mass is 286 g/mol. The van der Waals surface area contributed by atoms with Gasteiger partial charge in [0.05, 0.1) is 20.6 Å². The van der Waals surface area contributed by atoms with Gasteiger partial charge in [-0.15, -0.1) is 0 Å². The maximum Gasteiger partial charge on any atom is 0.310 e. The Morgan fingerprint density at radius 1 is 1.38 bits per heavy atom. The first-order valence-electron chi connectivity index (χ1n) is 4.91. The van der Waals surface area contributed by atoms with Crippen LogP contribution in [0.5, 0.6) is 5.75 Å². The summed E-state index contributed by atoms with van der Waals surface area (Å²) in [5, 5.41) is 0.756. The maximum absolute atomic E-state index is 11.3. The molecule has 0 heterocycles. The number of carbonyl (C=O) groups is 1. The lowest BCUT2D eigenvalue weighted by Crippen LogP contribution is -2.07. The Morgan fingerprint density at radius 2 is 2.06 bits per heavy atom. The molecule has 3 nitrogen and oxygen atoms in total. The molecular formula is C12H15BrO3. The van der Waals surface area contributed by atoms with Gasteiger partial charge < -0.3 is 9.47 Å². The second-order valence-electron chi connectivity index (χ2n) is 3.49. The van der Waals surface area contributed by atoms with E-state index in [9.17, 15) is 4.79 Å². The van der Waals surface area contributed by atoms with Crippen molar-refractivity contribution in [1.29, 1.82) is 0 Å². The van der Waals surface area contributed by atoms with Crippen LogP contribution in [0, 0.1) is 6.92 Å². The predicted octanol–water partition coefficient (Wildman–Crippen LogP) is 2.61. The quantitative estimate of drug-likeness (QED) is 0.631. The minimum Gasteiger partial charge on any atom is -0.496 e. The van der Waals surface area contributed by atoms with Crippen LogP contribution in [-0.4, -0.2) is 20.2 Å². The number of methoxy groups -OCH3 is 2. The zero-order valence-electron chi connectivity index (χ0n) is 9.67. The van der Waals surface area contributed by atoms with Crippen LogP contribution in [0.4, 0.5) is 0 Å². The van der Waals surface area contributed by atoms with Gasteiger partial charge in [-0.25, -0.2) is 0 Å². The van der Waals surface area contributed by atoms with Crippen molar-refractivity contribution in [2.75, 3.05) is 14.2 Å². The van der Waals surface area contributed by atoms with E-state index in [-0.39, 0.29) is 12.4 Å². The Kier molecular flexibility index (Phi) is 4.80. The molecule has 0 N–H and O–H groups in total. The summed E-state index contributed by atoms with van der Waals surface area (Å²) in [4.78, 5) is 11.3. The SMILES string of the molecule is COC(=O)Cc1cc(CBr)cc(C)c1OC. The Hall–Kier alpha value is -1.03. The highest BCUT2D eigenvalue weighted by molar-refractivity contribution is 9.08. The summed E-state index contributed by atoms with van der Waals surface area (Å²) >= 11 is 3.40. The number of rotatable bonds is 4. The molecule has 1 aromatic carbocycles. The fourth-order valence-electron chi connectivity index (χ4n) is 1.66. The molecule has 0 saturated heterocycles. The Bertz CT molecular complexity index is 388. The average Bonchev–Trinajstić information content (AvgIpc) is 2.28. The molecule has 0 aromatic heterocycles. The predicted molar refractivity (Wildman–Crippen MR) is 66.1 cm³/mol. The van der Waals surface area contributed by atoms with Crippen LogP contribution in [0.3, 0.4) is 0 Å². The summed E-state index contributed by atoms with van der Waals surface area (Å²) in [6.45, 7) is 1.96. The van der Waals surface area contributed by atoms with Gasteiger partial charge in [0.25, 0.3) is 0 Å². The zero-order valence-corrected chi connectivity index (χ0v) is 11.3. The van der Waals surface area contributed by atoms with Gasteiger partial charge in [0.15, 0.2) is 0 Å². The molecule has 0 aliphatic carbocycles. The van der Waals surface area contributed by atoms with Crippen molar-refractivity contribution < 1.29 is 14.3 Å². The van der Waals surface area contributed by atoms with Crippen molar-refractivity contribution >= 4 is 21.9 Å². The zero-order chi connectivity index (χ0) is 12.1. The minimum atomic E-state index is -0.260. The number of hydrogen-bond donors (Lipinski definition) is 0. The van der Waals surface area contributed by atoms with Crippen LogP contribution in [0.2, 0.25) is 0 Å². The number of hydrogen-bond acceptors (Lipinski definition) is 3. The van der Waals surface area contributed by atoms with Crippen molar-refractivity contribution in [2.45, 2.75) is 18.7 Å². The third-order valence-electron chi connectivity index (χ3n) is 2.33. The van der Waals surface area contributed by atoms with Crippen molar-refractivity contribution in [3.63, 3.8) is 0 Å². The molecule has 0 bridgehead atoms. The normalized spacial score (nSPS) is 10.0. The number of halogens is 1. The summed E-state index contributed by atoms with van der Waals surface area (Å²) in [5.74, 6) is 0.500. The summed E-state index contributed by atoms with van der Waals surface area (Å²) in [7, 11) is 2.99. The first kappa shape index (κ1) is 13.0. The molecule has 0 unspecified atom stereocenters. The van der Waals surface area contributed by atoms with Crippen molar-refractivity contribution in [2.24, 2.45) is 0 Å². The number of alkyl halides is 1. The van der Waals surface area contributed by atoms with E-state index in [2.05, 4.69) is 20.7 Å². The average molecular weight is 287 g/mol. The summed E-state index contributed by atoms with van der Waals surface area (Å²) in [6.07, 6.45) is 0.237. The maximum atomic E-state index is 11.3. The van der Waals surface area contributed by atoms with Gasteiger partial charge in [0.2, 0.25) is 0 Å². The third-order valence-corrected chi connectivity index (χ3v) is 2.98. The van der Waals surface area contributed by atoms with Crippen molar-refractivity contribution in [3.05, 3.63) is 28.8 Å². The molecule has 0 spiro atoms. The molecule has 88 valence electrons. The number of esters is 1. The van der Waals surface area contributed by atoms with Crippen LogP contribution >= 0.6 is 15.9 Å². The molecule has 0 aliphatic rings. The van der Waals surface area contributed by atoms with E-state index in [1.807, 2.05) is 19.1 Å².